The summed E-state index contributed by atoms with van der Waals surface area (Å²) < 4.78 is 13.4. The second-order valence-electron chi connectivity index (χ2n) is 7.41. The minimum Gasteiger partial charge on any atom is -0.363 e. The van der Waals surface area contributed by atoms with Crippen LogP contribution in [0.1, 0.15) is 41.7 Å². The number of aryl methyl sites for hydroxylation is 1. The highest BCUT2D eigenvalue weighted by molar-refractivity contribution is 6.31. The number of nitrogens with one attached hydrogen (secondary N) is 2. The molecule has 158 valence electrons. The van der Waals surface area contributed by atoms with Crippen LogP contribution in [-0.2, 0) is 0 Å². The van der Waals surface area contributed by atoms with Crippen LogP contribution in [0, 0.1) is 12.7 Å². The van der Waals surface area contributed by atoms with Gasteiger partial charge in [0.25, 0.3) is 5.91 Å². The molecule has 1 aromatic heterocycles. The highest BCUT2D eigenvalue weighted by atomic mass is 35.5. The second-order valence-corrected chi connectivity index (χ2v) is 7.85. The second kappa shape index (κ2) is 10.1. The summed E-state index contributed by atoms with van der Waals surface area (Å²) >= 11 is 5.83. The molecule has 1 amide bonds. The van der Waals surface area contributed by atoms with Crippen molar-refractivity contribution in [1.29, 1.82) is 0 Å². The maximum atomic E-state index is 13.4. The van der Waals surface area contributed by atoms with Crippen molar-refractivity contribution in [1.82, 2.24) is 15.3 Å². The molecule has 0 saturated heterocycles. The van der Waals surface area contributed by atoms with E-state index in [0.717, 1.165) is 37.2 Å². The molecular weight excluding hydrogens is 416 g/mol. The molecule has 1 aliphatic carbocycles. The third kappa shape index (κ3) is 6.44. The van der Waals surface area contributed by atoms with Gasteiger partial charge in [0.2, 0.25) is 5.95 Å². The van der Waals surface area contributed by atoms with Crippen molar-refractivity contribution in [2.45, 2.75) is 44.7 Å². The van der Waals surface area contributed by atoms with Crippen molar-refractivity contribution in [3.8, 4) is 0 Å². The number of carbonyl (C=O) groups is 1. The van der Waals surface area contributed by atoms with Crippen LogP contribution in [0.3, 0.4) is 0 Å². The van der Waals surface area contributed by atoms with Gasteiger partial charge in [0.1, 0.15) is 11.6 Å². The van der Waals surface area contributed by atoms with E-state index in [0.29, 0.717) is 5.95 Å². The van der Waals surface area contributed by atoms with Crippen molar-refractivity contribution < 1.29 is 9.18 Å². The molecule has 1 saturated carbocycles. The van der Waals surface area contributed by atoms with E-state index < -0.39 is 5.82 Å². The van der Waals surface area contributed by atoms with Gasteiger partial charge in [0.05, 0.1) is 0 Å². The van der Waals surface area contributed by atoms with Crippen LogP contribution >= 0.6 is 24.0 Å². The number of rotatable bonds is 5. The van der Waals surface area contributed by atoms with Crippen molar-refractivity contribution in [3.05, 3.63) is 46.4 Å². The summed E-state index contributed by atoms with van der Waals surface area (Å²) in [7, 11) is 3.90. The van der Waals surface area contributed by atoms with E-state index in [1.807, 2.05) is 32.0 Å². The monoisotopic (exact) mass is 441 g/mol. The molecule has 0 aliphatic heterocycles. The van der Waals surface area contributed by atoms with Gasteiger partial charge >= 0.3 is 0 Å². The van der Waals surface area contributed by atoms with Crippen molar-refractivity contribution >= 4 is 41.7 Å². The molecule has 0 bridgehead atoms. The molecule has 0 spiro atoms. The Bertz CT molecular complexity index is 837. The lowest BCUT2D eigenvalue weighted by Crippen LogP contribution is -2.40. The fraction of sp³-hybridized carbons (Fsp3) is 0.450. The van der Waals surface area contributed by atoms with Gasteiger partial charge in [0.15, 0.2) is 0 Å². The molecule has 29 heavy (non-hydrogen) atoms. The summed E-state index contributed by atoms with van der Waals surface area (Å²) in [4.78, 5) is 23.3. The summed E-state index contributed by atoms with van der Waals surface area (Å²) in [5.41, 5.74) is 1.16. The van der Waals surface area contributed by atoms with E-state index in [4.69, 9.17) is 11.6 Å². The summed E-state index contributed by atoms with van der Waals surface area (Å²) in [5.74, 6) is 0.687. The Balaban J connectivity index is 0.00000300. The summed E-state index contributed by atoms with van der Waals surface area (Å²) in [6, 6.07) is 6.12. The van der Waals surface area contributed by atoms with Crippen LogP contribution in [0.25, 0.3) is 0 Å². The van der Waals surface area contributed by atoms with Gasteiger partial charge in [-0.1, -0.05) is 11.6 Å². The number of amides is 1. The standard InChI is InChI=1S/C20H25ClFN5O.ClH/c1-12-8-18(27(2)3)26-20(23-12)25-17-6-4-16(5-7-17)24-19(28)13-9-14(21)11-15(22)10-13;/h8-11,16-17H,4-7H2,1-3H3,(H,24,28)(H,23,25,26);1H/t16-,17+;. The van der Waals surface area contributed by atoms with Crippen molar-refractivity contribution in [3.63, 3.8) is 0 Å². The smallest absolute Gasteiger partial charge is 0.251 e. The number of halogens is 3. The number of aromatic nitrogens is 2. The van der Waals surface area contributed by atoms with Crippen LogP contribution in [-0.4, -0.2) is 42.1 Å². The zero-order chi connectivity index (χ0) is 20.3. The first kappa shape index (κ1) is 23.2. The molecule has 1 aromatic carbocycles. The topological polar surface area (TPSA) is 70.2 Å². The van der Waals surface area contributed by atoms with Crippen LogP contribution in [0.5, 0.6) is 0 Å². The minimum absolute atomic E-state index is 0. The zero-order valence-corrected chi connectivity index (χ0v) is 18.3. The highest BCUT2D eigenvalue weighted by Crippen LogP contribution is 2.23. The molecule has 1 fully saturated rings. The highest BCUT2D eigenvalue weighted by Gasteiger charge is 2.23. The number of nitrogens with zero attached hydrogens (tertiary/aromatic N) is 3. The maximum Gasteiger partial charge on any atom is 0.251 e. The Hall–Kier alpha value is -2.12. The molecule has 2 N–H and O–H groups in total. The average Bonchev–Trinajstić information content (AvgIpc) is 2.62. The molecule has 0 unspecified atom stereocenters. The lowest BCUT2D eigenvalue weighted by molar-refractivity contribution is 0.0926. The van der Waals surface area contributed by atoms with E-state index in [9.17, 15) is 9.18 Å². The van der Waals surface area contributed by atoms with Gasteiger partial charge in [-0.25, -0.2) is 9.37 Å². The van der Waals surface area contributed by atoms with Crippen LogP contribution in [0.2, 0.25) is 5.02 Å². The van der Waals surface area contributed by atoms with Crippen LogP contribution < -0.4 is 15.5 Å². The van der Waals surface area contributed by atoms with E-state index in [-0.39, 0.29) is 41.0 Å². The van der Waals surface area contributed by atoms with Gasteiger partial charge in [0, 0.05) is 48.5 Å². The van der Waals surface area contributed by atoms with E-state index in [1.165, 1.54) is 18.2 Å². The molecule has 2 aromatic rings. The van der Waals surface area contributed by atoms with Crippen molar-refractivity contribution in [2.24, 2.45) is 0 Å². The quantitative estimate of drug-likeness (QED) is 0.726. The SMILES string of the molecule is Cc1cc(N(C)C)nc(N[C@H]2CC[C@@H](NC(=O)c3cc(F)cc(Cl)c3)CC2)n1.Cl. The van der Waals surface area contributed by atoms with Crippen molar-refractivity contribution in [2.75, 3.05) is 24.3 Å². The molecule has 9 heteroatoms. The third-order valence-corrected chi connectivity index (χ3v) is 5.04. The number of hydrogen-bond donors (Lipinski definition) is 2. The Morgan fingerprint density at radius 1 is 1.10 bits per heavy atom. The Morgan fingerprint density at radius 3 is 2.38 bits per heavy atom. The zero-order valence-electron chi connectivity index (χ0n) is 16.7. The van der Waals surface area contributed by atoms with E-state index >= 15 is 0 Å². The summed E-state index contributed by atoms with van der Waals surface area (Å²) in [5, 5.41) is 6.60. The molecule has 0 radical (unpaired) electrons. The lowest BCUT2D eigenvalue weighted by Gasteiger charge is -2.30. The summed E-state index contributed by atoms with van der Waals surface area (Å²) in [6.07, 6.45) is 3.45. The molecular formula is C20H26Cl2FN5O. The molecule has 0 atom stereocenters. The lowest BCUT2D eigenvalue weighted by atomic mass is 9.91. The van der Waals surface area contributed by atoms with Gasteiger partial charge in [-0.15, -0.1) is 12.4 Å². The first-order valence-electron chi connectivity index (χ1n) is 9.36. The predicted octanol–water partition coefficient (Wildman–Crippen LogP) is 4.22. The normalized spacial score (nSPS) is 18.5. The number of carbonyl (C=O) groups excluding carboxylic acids is 1. The summed E-state index contributed by atoms with van der Waals surface area (Å²) in [6.45, 7) is 1.95. The van der Waals surface area contributed by atoms with E-state index in [1.54, 1.807) is 0 Å². The number of hydrogen-bond acceptors (Lipinski definition) is 5. The van der Waals surface area contributed by atoms with Gasteiger partial charge in [-0.05, 0) is 50.8 Å². The molecule has 6 nitrogen and oxygen atoms in total. The van der Waals surface area contributed by atoms with Crippen LogP contribution in [0.4, 0.5) is 16.2 Å². The average molecular weight is 442 g/mol. The Labute approximate surface area is 181 Å². The van der Waals surface area contributed by atoms with Gasteiger partial charge in [-0.2, -0.15) is 4.98 Å². The van der Waals surface area contributed by atoms with Gasteiger partial charge in [-0.3, -0.25) is 4.79 Å². The third-order valence-electron chi connectivity index (χ3n) is 4.82. The number of anilines is 2. The minimum atomic E-state index is -0.513. The first-order chi connectivity index (χ1) is 13.3. The molecule has 3 rings (SSSR count). The maximum absolute atomic E-state index is 13.4. The Kier molecular flexibility index (Phi) is 8.05. The largest absolute Gasteiger partial charge is 0.363 e. The van der Waals surface area contributed by atoms with E-state index in [2.05, 4.69) is 20.6 Å². The van der Waals surface area contributed by atoms with Gasteiger partial charge < -0.3 is 15.5 Å². The molecule has 1 heterocycles. The number of benzene rings is 1. The van der Waals surface area contributed by atoms with Crippen LogP contribution in [0.15, 0.2) is 24.3 Å². The predicted molar refractivity (Wildman–Crippen MR) is 117 cm³/mol. The fourth-order valence-corrected chi connectivity index (χ4v) is 3.59. The Morgan fingerprint density at radius 2 is 1.76 bits per heavy atom. The fourth-order valence-electron chi connectivity index (χ4n) is 3.36. The first-order valence-corrected chi connectivity index (χ1v) is 9.74. The molecule has 1 aliphatic rings.